The summed E-state index contributed by atoms with van der Waals surface area (Å²) >= 11 is 7.09. The van der Waals surface area contributed by atoms with Gasteiger partial charge in [-0.1, -0.05) is 44.8 Å². The number of aryl methyl sites for hydroxylation is 1. The molecule has 0 aliphatic rings. The quantitative estimate of drug-likeness (QED) is 0.887. The lowest BCUT2D eigenvalue weighted by Crippen LogP contribution is -2.23. The first kappa shape index (κ1) is 13.8. The molecule has 2 rings (SSSR count). The first-order valence-electron chi connectivity index (χ1n) is 5.79. The third kappa shape index (κ3) is 3.02. The molecule has 3 nitrogen and oxygen atoms in total. The molecule has 0 saturated carbocycles. The molecule has 5 heteroatoms. The summed E-state index contributed by atoms with van der Waals surface area (Å²) in [7, 11) is 1.93. The zero-order chi connectivity index (χ0) is 13.1. The Hall–Kier alpha value is -0.650. The molecule has 0 bridgehead atoms. The van der Waals surface area contributed by atoms with E-state index in [1.165, 1.54) is 5.56 Å². The molecule has 1 atom stereocenters. The van der Waals surface area contributed by atoms with Gasteiger partial charge in [0.1, 0.15) is 0 Å². The molecule has 18 heavy (non-hydrogen) atoms. The number of rotatable bonds is 4. The molecule has 0 radical (unpaired) electrons. The standard InChI is InChI=1S/C13H15Br2N3/c1-3-16-13(12-6-7-18(2)17-12)10-5-4-9(14)8-11(10)15/h4-8,13,16H,3H2,1-2H3. The second-order valence-corrected chi connectivity index (χ2v) is 5.84. The van der Waals surface area contributed by atoms with Gasteiger partial charge in [0.25, 0.3) is 0 Å². The SMILES string of the molecule is CCNC(c1ccn(C)n1)c1ccc(Br)cc1Br. The van der Waals surface area contributed by atoms with Gasteiger partial charge in [0.2, 0.25) is 0 Å². The van der Waals surface area contributed by atoms with Crippen LogP contribution in [0.4, 0.5) is 0 Å². The van der Waals surface area contributed by atoms with Crippen LogP contribution in [-0.2, 0) is 7.05 Å². The minimum atomic E-state index is 0.110. The number of hydrogen-bond donors (Lipinski definition) is 1. The minimum Gasteiger partial charge on any atom is -0.305 e. The van der Waals surface area contributed by atoms with Crippen LogP contribution < -0.4 is 5.32 Å². The van der Waals surface area contributed by atoms with Crippen molar-refractivity contribution >= 4 is 31.9 Å². The van der Waals surface area contributed by atoms with E-state index in [0.717, 1.165) is 21.2 Å². The van der Waals surface area contributed by atoms with E-state index in [9.17, 15) is 0 Å². The maximum atomic E-state index is 4.49. The maximum Gasteiger partial charge on any atom is 0.0839 e. The first-order valence-corrected chi connectivity index (χ1v) is 7.38. The number of benzene rings is 1. The van der Waals surface area contributed by atoms with Crippen LogP contribution in [0.25, 0.3) is 0 Å². The van der Waals surface area contributed by atoms with E-state index in [0.29, 0.717) is 0 Å². The Balaban J connectivity index is 2.41. The van der Waals surface area contributed by atoms with Gasteiger partial charge in [-0.3, -0.25) is 4.68 Å². The lowest BCUT2D eigenvalue weighted by Gasteiger charge is -2.18. The van der Waals surface area contributed by atoms with E-state index in [2.05, 4.69) is 61.3 Å². The fourth-order valence-electron chi connectivity index (χ4n) is 1.90. The highest BCUT2D eigenvalue weighted by Gasteiger charge is 2.18. The summed E-state index contributed by atoms with van der Waals surface area (Å²) in [6.45, 7) is 2.99. The largest absolute Gasteiger partial charge is 0.305 e. The summed E-state index contributed by atoms with van der Waals surface area (Å²) in [6, 6.07) is 8.37. The predicted molar refractivity (Wildman–Crippen MR) is 80.6 cm³/mol. The normalized spacial score (nSPS) is 12.7. The Bertz CT molecular complexity index is 537. The van der Waals surface area contributed by atoms with Gasteiger partial charge in [-0.25, -0.2) is 0 Å². The summed E-state index contributed by atoms with van der Waals surface area (Å²) in [6.07, 6.45) is 1.96. The van der Waals surface area contributed by atoms with Crippen LogP contribution in [0, 0.1) is 0 Å². The molecule has 1 unspecified atom stereocenters. The number of hydrogen-bond acceptors (Lipinski definition) is 2. The molecule has 0 saturated heterocycles. The van der Waals surface area contributed by atoms with Crippen LogP contribution in [0.3, 0.4) is 0 Å². The van der Waals surface area contributed by atoms with Gasteiger partial charge in [0.15, 0.2) is 0 Å². The van der Waals surface area contributed by atoms with Crippen molar-refractivity contribution in [3.8, 4) is 0 Å². The average molecular weight is 373 g/mol. The van der Waals surface area contributed by atoms with Crippen LogP contribution in [0.15, 0.2) is 39.4 Å². The zero-order valence-corrected chi connectivity index (χ0v) is 13.5. The van der Waals surface area contributed by atoms with Crippen molar-refractivity contribution in [2.75, 3.05) is 6.54 Å². The Labute approximate surface area is 124 Å². The Morgan fingerprint density at radius 1 is 1.33 bits per heavy atom. The average Bonchev–Trinajstić information content (AvgIpc) is 2.73. The second-order valence-electron chi connectivity index (χ2n) is 4.07. The Morgan fingerprint density at radius 3 is 2.67 bits per heavy atom. The molecular weight excluding hydrogens is 358 g/mol. The number of nitrogens with one attached hydrogen (secondary N) is 1. The van der Waals surface area contributed by atoms with Gasteiger partial charge in [0.05, 0.1) is 11.7 Å². The van der Waals surface area contributed by atoms with Crippen molar-refractivity contribution in [2.45, 2.75) is 13.0 Å². The second kappa shape index (κ2) is 5.99. The third-order valence-corrected chi connectivity index (χ3v) is 3.89. The Morgan fingerprint density at radius 2 is 2.11 bits per heavy atom. The minimum absolute atomic E-state index is 0.110. The monoisotopic (exact) mass is 371 g/mol. The molecular formula is C13H15Br2N3. The highest BCUT2D eigenvalue weighted by molar-refractivity contribution is 9.11. The summed E-state index contributed by atoms with van der Waals surface area (Å²) in [4.78, 5) is 0. The fourth-order valence-corrected chi connectivity index (χ4v) is 3.18. The van der Waals surface area contributed by atoms with Crippen LogP contribution in [0.5, 0.6) is 0 Å². The summed E-state index contributed by atoms with van der Waals surface area (Å²) in [5.41, 5.74) is 2.22. The van der Waals surface area contributed by atoms with Crippen molar-refractivity contribution in [1.82, 2.24) is 15.1 Å². The lowest BCUT2D eigenvalue weighted by atomic mass is 10.0. The lowest BCUT2D eigenvalue weighted by molar-refractivity contribution is 0.598. The Kier molecular flexibility index (Phi) is 4.59. The van der Waals surface area contributed by atoms with Crippen molar-refractivity contribution in [1.29, 1.82) is 0 Å². The zero-order valence-electron chi connectivity index (χ0n) is 10.3. The first-order chi connectivity index (χ1) is 8.61. The molecule has 1 aromatic heterocycles. The van der Waals surface area contributed by atoms with Crippen LogP contribution in [0.2, 0.25) is 0 Å². The van der Waals surface area contributed by atoms with E-state index in [1.54, 1.807) is 0 Å². The van der Waals surface area contributed by atoms with Crippen molar-refractivity contribution in [2.24, 2.45) is 7.05 Å². The van der Waals surface area contributed by atoms with Crippen molar-refractivity contribution in [3.63, 3.8) is 0 Å². The summed E-state index contributed by atoms with van der Waals surface area (Å²) in [5, 5.41) is 7.96. The van der Waals surface area contributed by atoms with E-state index in [4.69, 9.17) is 0 Å². The molecule has 1 heterocycles. The molecule has 1 N–H and O–H groups in total. The van der Waals surface area contributed by atoms with Gasteiger partial charge < -0.3 is 5.32 Å². The molecule has 0 aliphatic carbocycles. The van der Waals surface area contributed by atoms with Crippen LogP contribution >= 0.6 is 31.9 Å². The highest BCUT2D eigenvalue weighted by Crippen LogP contribution is 2.30. The van der Waals surface area contributed by atoms with Crippen molar-refractivity contribution < 1.29 is 0 Å². The molecule has 96 valence electrons. The topological polar surface area (TPSA) is 29.9 Å². The van der Waals surface area contributed by atoms with Gasteiger partial charge in [-0.2, -0.15) is 5.10 Å². The van der Waals surface area contributed by atoms with Crippen LogP contribution in [-0.4, -0.2) is 16.3 Å². The summed E-state index contributed by atoms with van der Waals surface area (Å²) in [5.74, 6) is 0. The predicted octanol–water partition coefficient (Wildman–Crippen LogP) is 3.64. The molecule has 0 fully saturated rings. The highest BCUT2D eigenvalue weighted by atomic mass is 79.9. The third-order valence-electron chi connectivity index (χ3n) is 2.71. The van der Waals surface area contributed by atoms with E-state index >= 15 is 0 Å². The molecule has 2 aromatic rings. The summed E-state index contributed by atoms with van der Waals surface area (Å²) < 4.78 is 3.97. The van der Waals surface area contributed by atoms with E-state index in [1.807, 2.05) is 30.1 Å². The van der Waals surface area contributed by atoms with Gasteiger partial charge in [-0.05, 0) is 30.3 Å². The number of nitrogens with zero attached hydrogens (tertiary/aromatic N) is 2. The van der Waals surface area contributed by atoms with Gasteiger partial charge in [0, 0.05) is 22.2 Å². The van der Waals surface area contributed by atoms with Gasteiger partial charge in [-0.15, -0.1) is 0 Å². The van der Waals surface area contributed by atoms with E-state index < -0.39 is 0 Å². The fraction of sp³-hybridized carbons (Fsp3) is 0.308. The molecule has 0 aliphatic heterocycles. The number of aromatic nitrogens is 2. The molecule has 1 aromatic carbocycles. The molecule has 0 spiro atoms. The van der Waals surface area contributed by atoms with Gasteiger partial charge >= 0.3 is 0 Å². The van der Waals surface area contributed by atoms with Crippen molar-refractivity contribution in [3.05, 3.63) is 50.7 Å². The number of halogens is 2. The maximum absolute atomic E-state index is 4.49. The smallest absolute Gasteiger partial charge is 0.0839 e. The molecule has 0 amide bonds. The van der Waals surface area contributed by atoms with Crippen LogP contribution in [0.1, 0.15) is 24.2 Å². The van der Waals surface area contributed by atoms with E-state index in [-0.39, 0.29) is 6.04 Å².